The first-order chi connectivity index (χ1) is 17.9. The van der Waals surface area contributed by atoms with Gasteiger partial charge >= 0.3 is 0 Å². The molecule has 1 atom stereocenters. The number of aliphatic imine (C=N–C) groups is 1. The molecule has 0 saturated heterocycles. The molecule has 1 unspecified atom stereocenters. The summed E-state index contributed by atoms with van der Waals surface area (Å²) in [6, 6.07) is 11.9. The largest absolute Gasteiger partial charge is 0.361 e. The molecule has 2 aliphatic carbocycles. The Morgan fingerprint density at radius 1 is 1.16 bits per heavy atom. The fourth-order valence-corrected chi connectivity index (χ4v) is 5.79. The van der Waals surface area contributed by atoms with Crippen LogP contribution in [0.3, 0.4) is 0 Å². The Morgan fingerprint density at radius 2 is 2.00 bits per heavy atom. The third-order valence-corrected chi connectivity index (χ3v) is 8.24. The van der Waals surface area contributed by atoms with Crippen LogP contribution in [0.5, 0.6) is 0 Å². The number of aromatic nitrogens is 2. The first-order valence-corrected chi connectivity index (χ1v) is 13.0. The number of carbonyl (C=O) groups excluding carboxylic acids is 1. The molecule has 1 amide bonds. The van der Waals surface area contributed by atoms with Crippen molar-refractivity contribution in [1.29, 1.82) is 0 Å². The molecule has 7 nitrogen and oxygen atoms in total. The van der Waals surface area contributed by atoms with E-state index in [9.17, 15) is 9.18 Å². The molecule has 0 radical (unpaired) electrons. The van der Waals surface area contributed by atoms with Gasteiger partial charge in [-0.15, -0.1) is 0 Å². The number of likely N-dealkylation sites (N-methyl/N-ethyl adjacent to an activating group) is 1. The van der Waals surface area contributed by atoms with Gasteiger partial charge in [0.25, 0.3) is 5.91 Å². The highest BCUT2D eigenvalue weighted by molar-refractivity contribution is 5.98. The van der Waals surface area contributed by atoms with Crippen LogP contribution in [0.15, 0.2) is 47.6 Å². The number of nitrogens with zero attached hydrogens (tertiary/aromatic N) is 4. The molecule has 188 valence electrons. The lowest BCUT2D eigenvalue weighted by Gasteiger charge is -2.26. The van der Waals surface area contributed by atoms with E-state index in [1.165, 1.54) is 30.4 Å². The number of benzene rings is 2. The highest BCUT2D eigenvalue weighted by Gasteiger charge is 2.49. The molecule has 2 aliphatic heterocycles. The van der Waals surface area contributed by atoms with Gasteiger partial charge in [-0.2, -0.15) is 0 Å². The van der Waals surface area contributed by atoms with Gasteiger partial charge in [-0.1, -0.05) is 12.1 Å². The number of nitrogens with one attached hydrogen (secondary N) is 2. The highest BCUT2D eigenvalue weighted by Crippen LogP contribution is 2.51. The molecule has 8 heteroatoms. The first kappa shape index (κ1) is 22.4. The van der Waals surface area contributed by atoms with E-state index in [1.54, 1.807) is 6.07 Å². The smallest absolute Gasteiger partial charge is 0.251 e. The zero-order valence-electron chi connectivity index (χ0n) is 21.0. The molecule has 2 saturated carbocycles. The van der Waals surface area contributed by atoms with Gasteiger partial charge in [0, 0.05) is 48.3 Å². The molecule has 4 aliphatic rings. The van der Waals surface area contributed by atoms with Crippen LogP contribution in [0, 0.1) is 18.7 Å². The Hall–Kier alpha value is -3.81. The molecule has 3 heterocycles. The van der Waals surface area contributed by atoms with Crippen molar-refractivity contribution >= 4 is 23.2 Å². The van der Waals surface area contributed by atoms with E-state index < -0.39 is 5.82 Å². The van der Waals surface area contributed by atoms with Gasteiger partial charge in [0.2, 0.25) is 0 Å². The number of hydrogen-bond acceptors (Lipinski definition) is 6. The van der Waals surface area contributed by atoms with Crippen LogP contribution < -0.4 is 10.6 Å². The van der Waals surface area contributed by atoms with Crippen LogP contribution >= 0.6 is 0 Å². The number of amidine groups is 1. The summed E-state index contributed by atoms with van der Waals surface area (Å²) in [5, 5.41) is 6.11. The monoisotopic (exact) mass is 496 g/mol. The van der Waals surface area contributed by atoms with E-state index in [0.717, 1.165) is 36.1 Å². The predicted octanol–water partition coefficient (Wildman–Crippen LogP) is 4.90. The summed E-state index contributed by atoms with van der Waals surface area (Å²) in [5.74, 6) is 1.88. The van der Waals surface area contributed by atoms with E-state index >= 15 is 0 Å². The maximum atomic E-state index is 14.8. The number of aryl methyl sites for hydroxylation is 1. The van der Waals surface area contributed by atoms with Crippen LogP contribution in [0.4, 0.5) is 15.9 Å². The second-order valence-electron chi connectivity index (χ2n) is 11.0. The highest BCUT2D eigenvalue weighted by atomic mass is 19.1. The van der Waals surface area contributed by atoms with Crippen LogP contribution in [0.1, 0.15) is 58.8 Å². The summed E-state index contributed by atoms with van der Waals surface area (Å²) in [5.41, 5.74) is 5.64. The Labute approximate surface area is 215 Å². The van der Waals surface area contributed by atoms with Crippen LogP contribution in [-0.2, 0) is 5.41 Å². The number of fused-ring (bicyclic) bond motifs is 2. The quantitative estimate of drug-likeness (QED) is 0.525. The van der Waals surface area contributed by atoms with Crippen LogP contribution in [0.25, 0.3) is 11.4 Å². The van der Waals surface area contributed by atoms with Crippen molar-refractivity contribution in [1.82, 2.24) is 20.2 Å². The molecule has 2 aromatic carbocycles. The zero-order valence-corrected chi connectivity index (χ0v) is 21.0. The Kier molecular flexibility index (Phi) is 4.90. The lowest BCUT2D eigenvalue weighted by molar-refractivity contribution is 0.0937. The minimum absolute atomic E-state index is 0.0210. The standard InChI is InChI=1S/C29H29FN6O/c1-16-11-18(5-7-20(16)24-14-36(2)27(34-24)17-3-4-17)25-31-13-23(30)26(35-25)33-19-6-8-21-22(12-19)29(9-10-29)15-32-28(21)37/h5-8,11-13,17,24H,3-4,9-10,14-15H2,1-2H3,(H,32,37)(H,31,33,35). The van der Waals surface area contributed by atoms with E-state index in [2.05, 4.69) is 51.6 Å². The molecule has 2 N–H and O–H groups in total. The Bertz CT molecular complexity index is 1480. The predicted molar refractivity (Wildman–Crippen MR) is 141 cm³/mol. The van der Waals surface area contributed by atoms with Crippen LogP contribution in [-0.4, -0.2) is 46.7 Å². The molecule has 0 bridgehead atoms. The van der Waals surface area contributed by atoms with E-state index in [0.29, 0.717) is 29.5 Å². The lowest BCUT2D eigenvalue weighted by Crippen LogP contribution is -2.39. The Morgan fingerprint density at radius 3 is 2.76 bits per heavy atom. The fraction of sp³-hybridized carbons (Fsp3) is 0.379. The van der Waals surface area contributed by atoms with E-state index in [4.69, 9.17) is 4.99 Å². The topological polar surface area (TPSA) is 82.5 Å². The number of anilines is 2. The number of rotatable bonds is 5. The van der Waals surface area contributed by atoms with Crippen molar-refractivity contribution in [2.24, 2.45) is 10.9 Å². The second kappa shape index (κ2) is 8.10. The van der Waals surface area contributed by atoms with Gasteiger partial charge in [-0.05, 0) is 73.6 Å². The summed E-state index contributed by atoms with van der Waals surface area (Å²) in [6.45, 7) is 3.65. The van der Waals surface area contributed by atoms with Crippen molar-refractivity contribution < 1.29 is 9.18 Å². The van der Waals surface area contributed by atoms with Crippen LogP contribution in [0.2, 0.25) is 0 Å². The third-order valence-electron chi connectivity index (χ3n) is 8.24. The molecule has 2 fully saturated rings. The summed E-state index contributed by atoms with van der Waals surface area (Å²) in [4.78, 5) is 28.4. The third kappa shape index (κ3) is 3.86. The molecule has 3 aromatic rings. The fourth-order valence-electron chi connectivity index (χ4n) is 5.79. The van der Waals surface area contributed by atoms with E-state index in [1.807, 2.05) is 18.2 Å². The van der Waals surface area contributed by atoms with Gasteiger partial charge in [-0.3, -0.25) is 9.79 Å². The minimum atomic E-state index is -0.523. The summed E-state index contributed by atoms with van der Waals surface area (Å²) >= 11 is 0. The average molecular weight is 497 g/mol. The molecule has 1 spiro atoms. The second-order valence-corrected chi connectivity index (χ2v) is 11.0. The normalized spacial score (nSPS) is 21.5. The van der Waals surface area contributed by atoms with Gasteiger partial charge < -0.3 is 15.5 Å². The zero-order chi connectivity index (χ0) is 25.3. The Balaban J connectivity index is 1.16. The van der Waals surface area contributed by atoms with Gasteiger partial charge in [0.15, 0.2) is 17.5 Å². The van der Waals surface area contributed by atoms with Crippen molar-refractivity contribution in [3.63, 3.8) is 0 Å². The van der Waals surface area contributed by atoms with Gasteiger partial charge in [-0.25, -0.2) is 14.4 Å². The van der Waals surface area contributed by atoms with E-state index in [-0.39, 0.29) is 23.2 Å². The number of hydrogen-bond donors (Lipinski definition) is 2. The molecular formula is C29H29FN6O. The molecule has 37 heavy (non-hydrogen) atoms. The van der Waals surface area contributed by atoms with Crippen molar-refractivity contribution in [3.05, 3.63) is 70.7 Å². The van der Waals surface area contributed by atoms with Crippen molar-refractivity contribution in [2.45, 2.75) is 44.1 Å². The summed E-state index contributed by atoms with van der Waals surface area (Å²) in [7, 11) is 2.13. The maximum absolute atomic E-state index is 14.8. The first-order valence-electron chi connectivity index (χ1n) is 13.0. The SMILES string of the molecule is Cc1cc(-c2ncc(F)c(Nc3ccc4c(c3)C3(CC3)CNC4=O)n2)ccc1C1CN(C)C(C2CC2)=N1. The maximum Gasteiger partial charge on any atom is 0.251 e. The summed E-state index contributed by atoms with van der Waals surface area (Å²) in [6.07, 6.45) is 5.80. The number of halogens is 1. The average Bonchev–Trinajstić information content (AvgIpc) is 3.82. The van der Waals surface area contributed by atoms with Gasteiger partial charge in [0.05, 0.1) is 12.2 Å². The molecular weight excluding hydrogens is 467 g/mol. The minimum Gasteiger partial charge on any atom is -0.361 e. The number of amides is 1. The van der Waals surface area contributed by atoms with Crippen molar-refractivity contribution in [2.75, 3.05) is 25.5 Å². The van der Waals surface area contributed by atoms with Crippen molar-refractivity contribution in [3.8, 4) is 11.4 Å². The molecule has 1 aromatic heterocycles. The lowest BCUT2D eigenvalue weighted by atomic mass is 9.87. The van der Waals surface area contributed by atoms with Gasteiger partial charge in [0.1, 0.15) is 5.84 Å². The molecule has 7 rings (SSSR count). The summed E-state index contributed by atoms with van der Waals surface area (Å²) < 4.78 is 14.8. The number of carbonyl (C=O) groups is 1.